The van der Waals surface area contributed by atoms with Crippen molar-refractivity contribution in [3.8, 4) is 34.5 Å². The molecule has 9 heteroatoms. The highest BCUT2D eigenvalue weighted by atomic mass is 32.2. The average Bonchev–Trinajstić information content (AvgIpc) is 3.29. The van der Waals surface area contributed by atoms with Gasteiger partial charge in [-0.25, -0.2) is 0 Å². The van der Waals surface area contributed by atoms with E-state index in [-0.39, 0.29) is 5.78 Å². The molecule has 0 radical (unpaired) electrons. The predicted molar refractivity (Wildman–Crippen MR) is 126 cm³/mol. The van der Waals surface area contributed by atoms with E-state index in [1.54, 1.807) is 50.4 Å². The van der Waals surface area contributed by atoms with Gasteiger partial charge >= 0.3 is 0 Å². The average molecular weight is 473 g/mol. The Labute approximate surface area is 197 Å². The minimum Gasteiger partial charge on any atom is -0.497 e. The van der Waals surface area contributed by atoms with E-state index in [2.05, 4.69) is 10.2 Å². The summed E-state index contributed by atoms with van der Waals surface area (Å²) in [5, 5.41) is 8.15. The summed E-state index contributed by atoms with van der Waals surface area (Å²) in [5.41, 5.74) is 1.23. The molecule has 1 unspecified atom stereocenters. The molecular formula is C24H28N2O6S. The van der Waals surface area contributed by atoms with Crippen molar-refractivity contribution >= 4 is 17.5 Å². The molecule has 0 N–H and O–H groups in total. The number of hydrogen-bond donors (Lipinski definition) is 0. The summed E-state index contributed by atoms with van der Waals surface area (Å²) in [5.74, 6) is 2.57. The lowest BCUT2D eigenvalue weighted by atomic mass is 10.1. The molecule has 0 spiro atoms. The van der Waals surface area contributed by atoms with Gasteiger partial charge in [0.05, 0.1) is 32.2 Å². The van der Waals surface area contributed by atoms with Crippen molar-refractivity contribution in [2.45, 2.75) is 38.2 Å². The van der Waals surface area contributed by atoms with Crippen molar-refractivity contribution in [1.82, 2.24) is 10.2 Å². The van der Waals surface area contributed by atoms with Gasteiger partial charge in [0, 0.05) is 11.1 Å². The van der Waals surface area contributed by atoms with Crippen LogP contribution in [0, 0.1) is 0 Å². The Hall–Kier alpha value is -3.20. The molecule has 0 saturated heterocycles. The molecule has 0 saturated carbocycles. The lowest BCUT2D eigenvalue weighted by molar-refractivity contribution is 0.0993. The summed E-state index contributed by atoms with van der Waals surface area (Å²) in [6.45, 7) is 8.89. The van der Waals surface area contributed by atoms with Crippen molar-refractivity contribution in [3.63, 3.8) is 0 Å². The van der Waals surface area contributed by atoms with E-state index in [0.29, 0.717) is 65.1 Å². The zero-order valence-electron chi connectivity index (χ0n) is 19.4. The molecule has 0 aliphatic rings. The van der Waals surface area contributed by atoms with Gasteiger partial charge in [0.2, 0.25) is 11.6 Å². The molecule has 0 fully saturated rings. The van der Waals surface area contributed by atoms with Crippen LogP contribution in [0.4, 0.5) is 0 Å². The first-order chi connectivity index (χ1) is 16.0. The second-order valence-electron chi connectivity index (χ2n) is 6.83. The third-order valence-corrected chi connectivity index (χ3v) is 5.52. The van der Waals surface area contributed by atoms with Crippen LogP contribution in [-0.2, 0) is 0 Å². The number of methoxy groups -OCH3 is 1. The number of ketones is 1. The number of carbonyl (C=O) groups is 1. The van der Waals surface area contributed by atoms with Crippen LogP contribution in [0.3, 0.4) is 0 Å². The first-order valence-corrected chi connectivity index (χ1v) is 11.6. The Morgan fingerprint density at radius 3 is 2.12 bits per heavy atom. The van der Waals surface area contributed by atoms with Gasteiger partial charge in [0.15, 0.2) is 17.3 Å². The fraction of sp³-hybridized carbons (Fsp3) is 0.375. The van der Waals surface area contributed by atoms with Gasteiger partial charge in [-0.1, -0.05) is 11.8 Å². The lowest BCUT2D eigenvalue weighted by Gasteiger charge is -2.16. The van der Waals surface area contributed by atoms with E-state index >= 15 is 0 Å². The first-order valence-electron chi connectivity index (χ1n) is 10.8. The predicted octanol–water partition coefficient (Wildman–Crippen LogP) is 5.30. The summed E-state index contributed by atoms with van der Waals surface area (Å²) >= 11 is 1.20. The Balaban J connectivity index is 1.81. The zero-order valence-corrected chi connectivity index (χ0v) is 20.2. The molecule has 0 aliphatic carbocycles. The molecule has 3 rings (SSSR count). The van der Waals surface area contributed by atoms with Crippen molar-refractivity contribution < 1.29 is 28.2 Å². The first kappa shape index (κ1) is 24.4. The maximum atomic E-state index is 12.8. The molecule has 0 aliphatic heterocycles. The smallest absolute Gasteiger partial charge is 0.277 e. The van der Waals surface area contributed by atoms with Crippen molar-refractivity contribution in [3.05, 3.63) is 42.0 Å². The normalized spacial score (nSPS) is 11.7. The molecule has 8 nitrogen and oxygen atoms in total. The fourth-order valence-electron chi connectivity index (χ4n) is 3.08. The van der Waals surface area contributed by atoms with E-state index in [0.717, 1.165) is 0 Å². The summed E-state index contributed by atoms with van der Waals surface area (Å²) in [6.07, 6.45) is 0. The highest BCUT2D eigenvalue weighted by molar-refractivity contribution is 8.00. The Morgan fingerprint density at radius 2 is 1.58 bits per heavy atom. The second kappa shape index (κ2) is 11.6. The second-order valence-corrected chi connectivity index (χ2v) is 8.12. The minimum absolute atomic E-state index is 0.0410. The highest BCUT2D eigenvalue weighted by Crippen LogP contribution is 2.42. The van der Waals surface area contributed by atoms with E-state index in [9.17, 15) is 4.79 Å². The van der Waals surface area contributed by atoms with Gasteiger partial charge in [-0.15, -0.1) is 10.2 Å². The maximum Gasteiger partial charge on any atom is 0.277 e. The Bertz CT molecular complexity index is 1040. The van der Waals surface area contributed by atoms with Crippen LogP contribution in [0.1, 0.15) is 38.1 Å². The number of hydrogen-bond acceptors (Lipinski definition) is 9. The van der Waals surface area contributed by atoms with Crippen molar-refractivity contribution in [2.24, 2.45) is 0 Å². The van der Waals surface area contributed by atoms with Crippen molar-refractivity contribution in [1.29, 1.82) is 0 Å². The quantitative estimate of drug-likeness (QED) is 0.257. The van der Waals surface area contributed by atoms with E-state index in [4.69, 9.17) is 23.4 Å². The zero-order chi connectivity index (χ0) is 23.8. The van der Waals surface area contributed by atoms with Crippen LogP contribution in [0.2, 0.25) is 0 Å². The van der Waals surface area contributed by atoms with Gasteiger partial charge in [0.25, 0.3) is 5.22 Å². The Kier molecular flexibility index (Phi) is 8.59. The van der Waals surface area contributed by atoms with Gasteiger partial charge < -0.3 is 23.4 Å². The topological polar surface area (TPSA) is 92.9 Å². The number of thioether (sulfide) groups is 1. The lowest BCUT2D eigenvalue weighted by Crippen LogP contribution is -2.13. The van der Waals surface area contributed by atoms with Gasteiger partial charge in [-0.05, 0) is 64.1 Å². The third kappa shape index (κ3) is 5.98. The molecule has 1 atom stereocenters. The standard InChI is InChI=1S/C24H28N2O6S/c1-6-29-19-13-17(14-20(30-7-2)22(19)31-8-3)23-25-26-24(32-23)33-15(4)21(27)16-9-11-18(28-5)12-10-16/h9-15H,6-8H2,1-5H3. The molecule has 3 aromatic rings. The molecule has 0 bridgehead atoms. The third-order valence-electron chi connectivity index (χ3n) is 4.58. The number of nitrogens with zero attached hydrogens (tertiary/aromatic N) is 2. The van der Waals surface area contributed by atoms with Crippen LogP contribution in [-0.4, -0.2) is 48.2 Å². The van der Waals surface area contributed by atoms with Gasteiger partial charge in [-0.3, -0.25) is 4.79 Å². The van der Waals surface area contributed by atoms with Crippen LogP contribution < -0.4 is 18.9 Å². The van der Waals surface area contributed by atoms with E-state index < -0.39 is 5.25 Å². The summed E-state index contributed by atoms with van der Waals surface area (Å²) in [7, 11) is 1.58. The van der Waals surface area contributed by atoms with Crippen LogP contribution in [0.25, 0.3) is 11.5 Å². The van der Waals surface area contributed by atoms with Crippen molar-refractivity contribution in [2.75, 3.05) is 26.9 Å². The monoisotopic (exact) mass is 472 g/mol. The molecule has 2 aromatic carbocycles. The molecule has 0 amide bonds. The van der Waals surface area contributed by atoms with Crippen LogP contribution >= 0.6 is 11.8 Å². The van der Waals surface area contributed by atoms with Crippen LogP contribution in [0.5, 0.6) is 23.0 Å². The summed E-state index contributed by atoms with van der Waals surface area (Å²) < 4.78 is 28.2. The minimum atomic E-state index is -0.412. The number of benzene rings is 2. The Morgan fingerprint density at radius 1 is 0.970 bits per heavy atom. The number of rotatable bonds is 12. The number of Topliss-reactive ketones (excluding diaryl/α,β-unsaturated/α-hetero) is 1. The number of carbonyl (C=O) groups excluding carboxylic acids is 1. The number of aromatic nitrogens is 2. The summed E-state index contributed by atoms with van der Waals surface area (Å²) in [6, 6.07) is 10.6. The van der Waals surface area contributed by atoms with Crippen LogP contribution in [0.15, 0.2) is 46.0 Å². The number of ether oxygens (including phenoxy) is 4. The molecule has 1 heterocycles. The SMILES string of the molecule is CCOc1cc(-c2nnc(SC(C)C(=O)c3ccc(OC)cc3)o2)cc(OCC)c1OCC. The van der Waals surface area contributed by atoms with E-state index in [1.165, 1.54) is 11.8 Å². The molecule has 1 aromatic heterocycles. The largest absolute Gasteiger partial charge is 0.497 e. The molecular weight excluding hydrogens is 444 g/mol. The molecule has 176 valence electrons. The van der Waals surface area contributed by atoms with Gasteiger partial charge in [-0.2, -0.15) is 0 Å². The fourth-order valence-corrected chi connectivity index (χ4v) is 3.84. The highest BCUT2D eigenvalue weighted by Gasteiger charge is 2.22. The summed E-state index contributed by atoms with van der Waals surface area (Å²) in [4.78, 5) is 12.8. The van der Waals surface area contributed by atoms with Gasteiger partial charge in [0.1, 0.15) is 5.75 Å². The maximum absolute atomic E-state index is 12.8. The van der Waals surface area contributed by atoms with E-state index in [1.807, 2.05) is 20.8 Å². The molecule has 33 heavy (non-hydrogen) atoms.